The highest BCUT2D eigenvalue weighted by Gasteiger charge is 2.12. The molecule has 3 heterocycles. The normalized spacial score (nSPS) is 11.1. The Kier molecular flexibility index (Phi) is 6.25. The van der Waals surface area contributed by atoms with Crippen molar-refractivity contribution in [1.29, 1.82) is 0 Å². The topological polar surface area (TPSA) is 12.9 Å². The van der Waals surface area contributed by atoms with E-state index in [1.54, 1.807) is 0 Å². The lowest BCUT2D eigenvalue weighted by Gasteiger charge is -2.02. The van der Waals surface area contributed by atoms with Gasteiger partial charge in [0.1, 0.15) is 4.60 Å². The van der Waals surface area contributed by atoms with E-state index in [0.717, 1.165) is 4.60 Å². The molecule has 0 bridgehead atoms. The monoisotopic (exact) mass is 419 g/mol. The zero-order chi connectivity index (χ0) is 16.9. The number of rotatable bonds is 7. The molecule has 0 N–H and O–H groups in total. The maximum absolute atomic E-state index is 4.22. The molecule has 0 amide bonds. The Morgan fingerprint density at radius 3 is 2.62 bits per heavy atom. The van der Waals surface area contributed by atoms with Gasteiger partial charge in [-0.1, -0.05) is 26.2 Å². The third-order valence-corrected chi connectivity index (χ3v) is 6.91. The van der Waals surface area contributed by atoms with E-state index in [4.69, 9.17) is 0 Å². The minimum Gasteiger partial charge on any atom is -0.249 e. The quantitative estimate of drug-likeness (QED) is 0.281. The van der Waals surface area contributed by atoms with E-state index in [1.165, 1.54) is 62.7 Å². The lowest BCUT2D eigenvalue weighted by atomic mass is 10.1. The molecule has 0 unspecified atom stereocenters. The van der Waals surface area contributed by atoms with Crippen molar-refractivity contribution in [1.82, 2.24) is 4.98 Å². The van der Waals surface area contributed by atoms with Crippen LogP contribution in [-0.4, -0.2) is 4.98 Å². The van der Waals surface area contributed by atoms with Crippen LogP contribution in [0.3, 0.4) is 0 Å². The van der Waals surface area contributed by atoms with Crippen LogP contribution in [0.15, 0.2) is 41.1 Å². The van der Waals surface area contributed by atoms with E-state index >= 15 is 0 Å². The van der Waals surface area contributed by atoms with Gasteiger partial charge in [-0.25, -0.2) is 4.98 Å². The van der Waals surface area contributed by atoms with Crippen molar-refractivity contribution in [2.45, 2.75) is 46.0 Å². The van der Waals surface area contributed by atoms with E-state index in [0.29, 0.717) is 0 Å². The summed E-state index contributed by atoms with van der Waals surface area (Å²) in [5.74, 6) is 0. The van der Waals surface area contributed by atoms with E-state index < -0.39 is 0 Å². The van der Waals surface area contributed by atoms with Crippen LogP contribution >= 0.6 is 38.6 Å². The zero-order valence-corrected chi connectivity index (χ0v) is 17.4. The van der Waals surface area contributed by atoms with Gasteiger partial charge in [0.25, 0.3) is 0 Å². The molecule has 0 aromatic carbocycles. The summed E-state index contributed by atoms with van der Waals surface area (Å²) in [5.41, 5.74) is 2.75. The molecule has 4 heteroatoms. The summed E-state index contributed by atoms with van der Waals surface area (Å²) in [6, 6.07) is 11.0. The molecule has 126 valence electrons. The minimum absolute atomic E-state index is 0.888. The number of hydrogen-bond acceptors (Lipinski definition) is 3. The lowest BCUT2D eigenvalue weighted by molar-refractivity contribution is 0.668. The van der Waals surface area contributed by atoms with E-state index in [-0.39, 0.29) is 0 Å². The van der Waals surface area contributed by atoms with Gasteiger partial charge in [-0.05, 0) is 77.2 Å². The van der Waals surface area contributed by atoms with Gasteiger partial charge in [0.05, 0.1) is 0 Å². The molecule has 0 aliphatic heterocycles. The number of pyridine rings is 1. The zero-order valence-electron chi connectivity index (χ0n) is 14.1. The van der Waals surface area contributed by atoms with Gasteiger partial charge in [0.15, 0.2) is 0 Å². The Balaban J connectivity index is 1.82. The Bertz CT molecular complexity index is 804. The van der Waals surface area contributed by atoms with Crippen LogP contribution in [0.4, 0.5) is 0 Å². The predicted octanol–water partition coefficient (Wildman–Crippen LogP) is 7.73. The summed E-state index contributed by atoms with van der Waals surface area (Å²) in [6.07, 6.45) is 8.34. The fourth-order valence-corrected chi connectivity index (χ4v) is 5.45. The summed E-state index contributed by atoms with van der Waals surface area (Å²) in [7, 11) is 0. The molecule has 0 saturated heterocycles. The lowest BCUT2D eigenvalue weighted by Crippen LogP contribution is -1.85. The van der Waals surface area contributed by atoms with Gasteiger partial charge in [0, 0.05) is 25.7 Å². The predicted molar refractivity (Wildman–Crippen MR) is 111 cm³/mol. The fourth-order valence-electron chi connectivity index (χ4n) is 2.87. The number of thiophene rings is 2. The molecule has 0 saturated carbocycles. The molecule has 0 radical (unpaired) electrons. The van der Waals surface area contributed by atoms with Gasteiger partial charge in [-0.2, -0.15) is 0 Å². The second kappa shape index (κ2) is 8.41. The molecule has 0 atom stereocenters. The highest BCUT2D eigenvalue weighted by atomic mass is 79.9. The number of aromatic nitrogens is 1. The van der Waals surface area contributed by atoms with E-state index in [2.05, 4.69) is 65.1 Å². The third-order valence-electron chi connectivity index (χ3n) is 4.07. The number of unbranched alkanes of at least 4 members (excludes halogenated alkanes) is 3. The summed E-state index contributed by atoms with van der Waals surface area (Å²) >= 11 is 7.28. The SMILES string of the molecule is CCCCCCc1cc(C)sc1-c1ccc(-c2ccnc(Br)c2)s1. The van der Waals surface area contributed by atoms with Gasteiger partial charge in [-0.3, -0.25) is 0 Å². The third kappa shape index (κ3) is 4.35. The van der Waals surface area contributed by atoms with Crippen LogP contribution in [0.25, 0.3) is 20.2 Å². The Morgan fingerprint density at radius 1 is 1.00 bits per heavy atom. The van der Waals surface area contributed by atoms with Gasteiger partial charge in [-0.15, -0.1) is 22.7 Å². The number of nitrogens with zero attached hydrogens (tertiary/aromatic N) is 1. The maximum Gasteiger partial charge on any atom is 0.106 e. The van der Waals surface area contributed by atoms with Crippen molar-refractivity contribution in [3.05, 3.63) is 51.6 Å². The van der Waals surface area contributed by atoms with Crippen LogP contribution in [0.2, 0.25) is 0 Å². The van der Waals surface area contributed by atoms with Gasteiger partial charge < -0.3 is 0 Å². The summed E-state index contributed by atoms with van der Waals surface area (Å²) in [6.45, 7) is 4.49. The van der Waals surface area contributed by atoms with Crippen molar-refractivity contribution in [3.8, 4) is 20.2 Å². The fraction of sp³-hybridized carbons (Fsp3) is 0.350. The average molecular weight is 420 g/mol. The van der Waals surface area contributed by atoms with Crippen LogP contribution in [0, 0.1) is 6.92 Å². The maximum atomic E-state index is 4.22. The summed E-state index contributed by atoms with van der Waals surface area (Å²) in [5, 5.41) is 0. The van der Waals surface area contributed by atoms with E-state index in [1.807, 2.05) is 28.9 Å². The molecular weight excluding hydrogens is 398 g/mol. The molecule has 0 aliphatic rings. The van der Waals surface area contributed by atoms with Crippen molar-refractivity contribution in [3.63, 3.8) is 0 Å². The van der Waals surface area contributed by atoms with Crippen molar-refractivity contribution < 1.29 is 0 Å². The first-order valence-electron chi connectivity index (χ1n) is 8.49. The first-order chi connectivity index (χ1) is 11.7. The largest absolute Gasteiger partial charge is 0.249 e. The second-order valence-corrected chi connectivity index (χ2v) is 9.21. The van der Waals surface area contributed by atoms with Crippen molar-refractivity contribution >= 4 is 38.6 Å². The Morgan fingerprint density at radius 2 is 1.83 bits per heavy atom. The van der Waals surface area contributed by atoms with E-state index in [9.17, 15) is 0 Å². The smallest absolute Gasteiger partial charge is 0.106 e. The molecule has 0 spiro atoms. The number of hydrogen-bond donors (Lipinski definition) is 0. The van der Waals surface area contributed by atoms with Crippen molar-refractivity contribution in [2.24, 2.45) is 0 Å². The minimum atomic E-state index is 0.888. The number of aryl methyl sites for hydroxylation is 2. The first kappa shape index (κ1) is 17.8. The van der Waals surface area contributed by atoms with Gasteiger partial charge >= 0.3 is 0 Å². The molecule has 3 aromatic heterocycles. The highest BCUT2D eigenvalue weighted by molar-refractivity contribution is 9.10. The Hall–Kier alpha value is -0.970. The molecular formula is C20H22BrNS2. The van der Waals surface area contributed by atoms with Crippen LogP contribution in [0.1, 0.15) is 43.0 Å². The van der Waals surface area contributed by atoms with Crippen LogP contribution < -0.4 is 0 Å². The Labute approximate surface area is 160 Å². The molecule has 0 aliphatic carbocycles. The number of halogens is 1. The second-order valence-electron chi connectivity index (χ2n) is 6.05. The molecule has 1 nitrogen and oxygen atoms in total. The first-order valence-corrected chi connectivity index (χ1v) is 10.9. The highest BCUT2D eigenvalue weighted by Crippen LogP contribution is 2.40. The molecule has 3 rings (SSSR count). The molecule has 24 heavy (non-hydrogen) atoms. The van der Waals surface area contributed by atoms with Crippen LogP contribution in [-0.2, 0) is 6.42 Å². The summed E-state index contributed by atoms with van der Waals surface area (Å²) < 4.78 is 0.888. The summed E-state index contributed by atoms with van der Waals surface area (Å²) in [4.78, 5) is 9.79. The molecule has 3 aromatic rings. The average Bonchev–Trinajstić information content (AvgIpc) is 3.18. The van der Waals surface area contributed by atoms with Crippen molar-refractivity contribution in [2.75, 3.05) is 0 Å². The van der Waals surface area contributed by atoms with Gasteiger partial charge in [0.2, 0.25) is 0 Å². The standard InChI is InChI=1S/C20H22BrNS2/c1-3-4-5-6-7-16-12-14(2)23-20(16)18-9-8-17(24-18)15-10-11-22-19(21)13-15/h8-13H,3-7H2,1-2H3. The van der Waals surface area contributed by atoms with Crippen LogP contribution in [0.5, 0.6) is 0 Å². The molecule has 0 fully saturated rings.